The fourth-order valence-electron chi connectivity index (χ4n) is 4.34. The predicted octanol–water partition coefficient (Wildman–Crippen LogP) is 1.84. The van der Waals surface area contributed by atoms with E-state index in [2.05, 4.69) is 5.32 Å². The van der Waals surface area contributed by atoms with Gasteiger partial charge in [-0.25, -0.2) is 8.42 Å². The zero-order valence-corrected chi connectivity index (χ0v) is 14.5. The van der Waals surface area contributed by atoms with Gasteiger partial charge in [0.15, 0.2) is 9.84 Å². The highest BCUT2D eigenvalue weighted by atomic mass is 32.2. The Morgan fingerprint density at radius 1 is 1.33 bits per heavy atom. The molecule has 1 spiro atoms. The number of rotatable bonds is 3. The second-order valence-electron chi connectivity index (χ2n) is 6.80. The molecular weight excluding hydrogens is 306 g/mol. The summed E-state index contributed by atoms with van der Waals surface area (Å²) in [6, 6.07) is 0.0988. The van der Waals surface area contributed by atoms with Crippen LogP contribution in [0.5, 0.6) is 0 Å². The van der Waals surface area contributed by atoms with E-state index in [1.807, 2.05) is 18.8 Å². The third-order valence-corrected chi connectivity index (χ3v) is 9.00. The van der Waals surface area contributed by atoms with Crippen molar-refractivity contribution in [1.82, 2.24) is 5.32 Å². The van der Waals surface area contributed by atoms with Crippen LogP contribution in [0, 0.1) is 5.92 Å². The van der Waals surface area contributed by atoms with Crippen LogP contribution in [0.25, 0.3) is 0 Å². The average molecular weight is 334 g/mol. The number of sulfone groups is 1. The van der Waals surface area contributed by atoms with Gasteiger partial charge in [-0.3, -0.25) is 0 Å². The van der Waals surface area contributed by atoms with Gasteiger partial charge in [0.05, 0.1) is 16.6 Å². The molecule has 3 fully saturated rings. The third-order valence-electron chi connectivity index (χ3n) is 5.47. The maximum absolute atomic E-state index is 12.5. The van der Waals surface area contributed by atoms with Crippen molar-refractivity contribution >= 4 is 21.6 Å². The highest BCUT2D eigenvalue weighted by Gasteiger charge is 2.46. The van der Waals surface area contributed by atoms with Gasteiger partial charge in [-0.2, -0.15) is 11.8 Å². The molecule has 21 heavy (non-hydrogen) atoms. The SMILES string of the molecule is CNC(C1CCOC2(CCSC2)C1)C1CCCCS1(=O)=O. The van der Waals surface area contributed by atoms with Crippen LogP contribution in [0.15, 0.2) is 0 Å². The number of thioether (sulfide) groups is 1. The molecule has 3 aliphatic heterocycles. The second kappa shape index (κ2) is 6.38. The van der Waals surface area contributed by atoms with Crippen LogP contribution in [-0.4, -0.2) is 56.2 Å². The van der Waals surface area contributed by atoms with E-state index in [4.69, 9.17) is 4.74 Å². The summed E-state index contributed by atoms with van der Waals surface area (Å²) in [4.78, 5) is 0. The molecule has 1 N–H and O–H groups in total. The van der Waals surface area contributed by atoms with Crippen LogP contribution in [0.3, 0.4) is 0 Å². The normalized spacial score (nSPS) is 41.2. The van der Waals surface area contributed by atoms with Gasteiger partial charge >= 0.3 is 0 Å². The highest BCUT2D eigenvalue weighted by Crippen LogP contribution is 2.42. The van der Waals surface area contributed by atoms with Crippen LogP contribution < -0.4 is 5.32 Å². The Morgan fingerprint density at radius 2 is 2.19 bits per heavy atom. The van der Waals surface area contributed by atoms with Crippen LogP contribution in [0.2, 0.25) is 0 Å². The standard InChI is InChI=1S/C15H27NO3S2/c1-16-14(13-4-2-3-9-21(13,17)18)12-5-7-19-15(10-12)6-8-20-11-15/h12-14,16H,2-11H2,1H3. The van der Waals surface area contributed by atoms with Gasteiger partial charge in [-0.15, -0.1) is 0 Å². The van der Waals surface area contributed by atoms with Gasteiger partial charge in [0.2, 0.25) is 0 Å². The van der Waals surface area contributed by atoms with Crippen molar-refractivity contribution in [3.8, 4) is 0 Å². The molecule has 0 radical (unpaired) electrons. The van der Waals surface area contributed by atoms with Gasteiger partial charge < -0.3 is 10.1 Å². The number of nitrogens with one attached hydrogen (secondary N) is 1. The number of hydrogen-bond acceptors (Lipinski definition) is 5. The summed E-state index contributed by atoms with van der Waals surface area (Å²) in [5.74, 6) is 3.07. The average Bonchev–Trinajstić information content (AvgIpc) is 2.89. The molecule has 0 amide bonds. The molecule has 4 atom stereocenters. The van der Waals surface area contributed by atoms with E-state index in [9.17, 15) is 8.42 Å². The first-order chi connectivity index (χ1) is 10.1. The summed E-state index contributed by atoms with van der Waals surface area (Å²) in [5, 5.41) is 3.17. The van der Waals surface area contributed by atoms with Crippen molar-refractivity contribution in [2.45, 2.75) is 55.4 Å². The van der Waals surface area contributed by atoms with Gasteiger partial charge in [-0.1, -0.05) is 6.42 Å². The van der Waals surface area contributed by atoms with Crippen LogP contribution in [-0.2, 0) is 14.6 Å². The summed E-state index contributed by atoms with van der Waals surface area (Å²) in [6.07, 6.45) is 5.85. The first kappa shape index (κ1) is 16.1. The molecule has 3 aliphatic rings. The Kier molecular flexibility index (Phi) is 4.89. The summed E-state index contributed by atoms with van der Waals surface area (Å²) in [6.45, 7) is 0.788. The Hall–Kier alpha value is 0.220. The zero-order valence-electron chi connectivity index (χ0n) is 12.8. The lowest BCUT2D eigenvalue weighted by molar-refractivity contribution is -0.0850. The molecule has 0 aromatic rings. The summed E-state index contributed by atoms with van der Waals surface area (Å²) >= 11 is 1.97. The lowest BCUT2D eigenvalue weighted by Gasteiger charge is -2.43. The van der Waals surface area contributed by atoms with Crippen LogP contribution in [0.1, 0.15) is 38.5 Å². The highest BCUT2D eigenvalue weighted by molar-refractivity contribution is 7.99. The third kappa shape index (κ3) is 3.28. The minimum Gasteiger partial charge on any atom is -0.374 e. The number of ether oxygens (including phenoxy) is 1. The minimum atomic E-state index is -2.93. The van der Waals surface area contributed by atoms with E-state index < -0.39 is 9.84 Å². The molecule has 4 unspecified atom stereocenters. The first-order valence-corrected chi connectivity index (χ1v) is 11.0. The molecule has 3 saturated heterocycles. The molecule has 0 aromatic carbocycles. The lowest BCUT2D eigenvalue weighted by atomic mass is 9.79. The predicted molar refractivity (Wildman–Crippen MR) is 87.6 cm³/mol. The maximum atomic E-state index is 12.5. The quantitative estimate of drug-likeness (QED) is 0.854. The Labute approximate surface area is 132 Å². The summed E-state index contributed by atoms with van der Waals surface area (Å²) < 4.78 is 31.0. The van der Waals surface area contributed by atoms with E-state index >= 15 is 0 Å². The Bertz CT molecular complexity index is 460. The van der Waals surface area contributed by atoms with Crippen LogP contribution >= 0.6 is 11.8 Å². The van der Waals surface area contributed by atoms with Crippen molar-refractivity contribution in [2.24, 2.45) is 5.92 Å². The van der Waals surface area contributed by atoms with Gasteiger partial charge in [0.25, 0.3) is 0 Å². The van der Waals surface area contributed by atoms with E-state index in [1.165, 1.54) is 5.75 Å². The molecule has 0 saturated carbocycles. The molecule has 6 heteroatoms. The Morgan fingerprint density at radius 3 is 2.86 bits per heavy atom. The zero-order chi connectivity index (χ0) is 14.9. The molecule has 3 rings (SSSR count). The topological polar surface area (TPSA) is 55.4 Å². The fraction of sp³-hybridized carbons (Fsp3) is 1.00. The molecule has 0 aromatic heterocycles. The molecule has 0 bridgehead atoms. The molecule has 0 aliphatic carbocycles. The molecule has 4 nitrogen and oxygen atoms in total. The van der Waals surface area contributed by atoms with Gasteiger partial charge in [-0.05, 0) is 50.8 Å². The van der Waals surface area contributed by atoms with Gasteiger partial charge in [0, 0.05) is 18.4 Å². The second-order valence-corrected chi connectivity index (χ2v) is 10.2. The monoisotopic (exact) mass is 333 g/mol. The maximum Gasteiger partial charge on any atom is 0.154 e. The van der Waals surface area contributed by atoms with Crippen molar-refractivity contribution < 1.29 is 13.2 Å². The molecule has 3 heterocycles. The van der Waals surface area contributed by atoms with E-state index in [0.29, 0.717) is 11.7 Å². The van der Waals surface area contributed by atoms with Crippen LogP contribution in [0.4, 0.5) is 0 Å². The number of hydrogen-bond donors (Lipinski definition) is 1. The van der Waals surface area contributed by atoms with Gasteiger partial charge in [0.1, 0.15) is 0 Å². The van der Waals surface area contributed by atoms with Crippen molar-refractivity contribution in [3.63, 3.8) is 0 Å². The van der Waals surface area contributed by atoms with Crippen molar-refractivity contribution in [1.29, 1.82) is 0 Å². The van der Waals surface area contributed by atoms with E-state index in [1.54, 1.807) is 0 Å². The Balaban J connectivity index is 1.76. The fourth-order valence-corrected chi connectivity index (χ4v) is 7.96. The first-order valence-electron chi connectivity index (χ1n) is 8.17. The minimum absolute atomic E-state index is 0.0289. The van der Waals surface area contributed by atoms with Crippen molar-refractivity contribution in [3.05, 3.63) is 0 Å². The summed E-state index contributed by atoms with van der Waals surface area (Å²) in [5.41, 5.74) is 0.0289. The largest absolute Gasteiger partial charge is 0.374 e. The molecule has 122 valence electrons. The van der Waals surface area contributed by atoms with Crippen molar-refractivity contribution in [2.75, 3.05) is 30.9 Å². The van der Waals surface area contributed by atoms with E-state index in [0.717, 1.165) is 50.9 Å². The smallest absolute Gasteiger partial charge is 0.154 e. The lowest BCUT2D eigenvalue weighted by Crippen LogP contribution is -2.53. The summed E-state index contributed by atoms with van der Waals surface area (Å²) in [7, 11) is -0.997. The molecular formula is C15H27NO3S2. The van der Waals surface area contributed by atoms with E-state index in [-0.39, 0.29) is 16.9 Å².